The molecular formula is C13H24O. The minimum Gasteiger partial charge on any atom is -0.370 e. The van der Waals surface area contributed by atoms with E-state index in [1.165, 1.54) is 18.4 Å². The summed E-state index contributed by atoms with van der Waals surface area (Å²) < 4.78 is 5.78. The lowest BCUT2D eigenvalue weighted by Gasteiger charge is -2.13. The van der Waals surface area contributed by atoms with Gasteiger partial charge in [-0.2, -0.15) is 0 Å². The van der Waals surface area contributed by atoms with Gasteiger partial charge in [-0.3, -0.25) is 0 Å². The highest BCUT2D eigenvalue weighted by Gasteiger charge is 2.03. The second-order valence-electron chi connectivity index (χ2n) is 3.65. The van der Waals surface area contributed by atoms with Crippen LogP contribution in [0.1, 0.15) is 47.0 Å². The third-order valence-electron chi connectivity index (χ3n) is 2.27. The Labute approximate surface area is 88.9 Å². The van der Waals surface area contributed by atoms with Crippen LogP contribution in [-0.4, -0.2) is 12.7 Å². The first-order valence-corrected chi connectivity index (χ1v) is 5.60. The number of unbranched alkanes of at least 4 members (excludes halogenated alkanes) is 1. The summed E-state index contributed by atoms with van der Waals surface area (Å²) in [6, 6.07) is 0. The quantitative estimate of drug-likeness (QED) is 0.557. The van der Waals surface area contributed by atoms with Crippen molar-refractivity contribution in [3.05, 3.63) is 23.8 Å². The van der Waals surface area contributed by atoms with E-state index in [9.17, 15) is 0 Å². The van der Waals surface area contributed by atoms with Gasteiger partial charge in [-0.05, 0) is 27.2 Å². The highest BCUT2D eigenvalue weighted by Crippen LogP contribution is 2.08. The van der Waals surface area contributed by atoms with Gasteiger partial charge in [-0.15, -0.1) is 0 Å². The fraction of sp³-hybridized carbons (Fsp3) is 0.692. The van der Waals surface area contributed by atoms with Crippen molar-refractivity contribution in [1.82, 2.24) is 0 Å². The van der Waals surface area contributed by atoms with Gasteiger partial charge in [0.1, 0.15) is 0 Å². The topological polar surface area (TPSA) is 9.23 Å². The van der Waals surface area contributed by atoms with Crippen molar-refractivity contribution in [2.24, 2.45) is 0 Å². The van der Waals surface area contributed by atoms with Gasteiger partial charge in [0.15, 0.2) is 0 Å². The molecule has 0 bridgehead atoms. The van der Waals surface area contributed by atoms with Gasteiger partial charge < -0.3 is 4.74 Å². The van der Waals surface area contributed by atoms with E-state index in [1.54, 1.807) is 0 Å². The Balaban J connectivity index is 3.84. The molecule has 0 aliphatic carbocycles. The van der Waals surface area contributed by atoms with Crippen molar-refractivity contribution in [1.29, 1.82) is 0 Å². The highest BCUT2D eigenvalue weighted by molar-refractivity contribution is 4.97. The molecule has 1 nitrogen and oxygen atoms in total. The Morgan fingerprint density at radius 1 is 1.36 bits per heavy atom. The molecule has 0 aromatic heterocycles. The van der Waals surface area contributed by atoms with Crippen molar-refractivity contribution in [3.63, 3.8) is 0 Å². The Hall–Kier alpha value is -0.560. The molecule has 14 heavy (non-hydrogen) atoms. The number of rotatable bonds is 7. The second-order valence-corrected chi connectivity index (χ2v) is 3.65. The SMILES string of the molecule is C/C=C/C(CCCC)OC/C(C)=C/C. The molecule has 1 unspecified atom stereocenters. The third-order valence-corrected chi connectivity index (χ3v) is 2.27. The van der Waals surface area contributed by atoms with Crippen molar-refractivity contribution < 1.29 is 4.74 Å². The van der Waals surface area contributed by atoms with E-state index in [2.05, 4.69) is 39.0 Å². The minimum atomic E-state index is 0.301. The first kappa shape index (κ1) is 13.4. The molecule has 0 saturated heterocycles. The number of allylic oxidation sites excluding steroid dienone is 2. The summed E-state index contributed by atoms with van der Waals surface area (Å²) >= 11 is 0. The summed E-state index contributed by atoms with van der Waals surface area (Å²) in [5.74, 6) is 0. The number of hydrogen-bond acceptors (Lipinski definition) is 1. The molecular weight excluding hydrogens is 172 g/mol. The zero-order valence-corrected chi connectivity index (χ0v) is 10.0. The lowest BCUT2D eigenvalue weighted by atomic mass is 10.1. The Bertz CT molecular complexity index is 180. The summed E-state index contributed by atoms with van der Waals surface area (Å²) in [6.45, 7) is 9.17. The lowest BCUT2D eigenvalue weighted by molar-refractivity contribution is 0.0957. The van der Waals surface area contributed by atoms with Crippen LogP contribution in [0.3, 0.4) is 0 Å². The van der Waals surface area contributed by atoms with Crippen LogP contribution >= 0.6 is 0 Å². The molecule has 0 saturated carbocycles. The van der Waals surface area contributed by atoms with Crippen LogP contribution in [0.5, 0.6) is 0 Å². The molecule has 0 amide bonds. The molecule has 0 aliphatic heterocycles. The van der Waals surface area contributed by atoms with E-state index in [4.69, 9.17) is 4.74 Å². The molecule has 0 aliphatic rings. The fourth-order valence-electron chi connectivity index (χ4n) is 1.18. The van der Waals surface area contributed by atoms with E-state index < -0.39 is 0 Å². The van der Waals surface area contributed by atoms with Crippen molar-refractivity contribution in [2.75, 3.05) is 6.61 Å². The maximum atomic E-state index is 5.78. The van der Waals surface area contributed by atoms with Crippen molar-refractivity contribution in [3.8, 4) is 0 Å². The highest BCUT2D eigenvalue weighted by atomic mass is 16.5. The Kier molecular flexibility index (Phi) is 8.65. The van der Waals surface area contributed by atoms with Gasteiger partial charge in [0.2, 0.25) is 0 Å². The average molecular weight is 196 g/mol. The predicted molar refractivity (Wildman–Crippen MR) is 63.5 cm³/mol. The third kappa shape index (κ3) is 6.90. The van der Waals surface area contributed by atoms with Crippen LogP contribution in [0.15, 0.2) is 23.8 Å². The van der Waals surface area contributed by atoms with Gasteiger partial charge in [0.25, 0.3) is 0 Å². The molecule has 82 valence electrons. The minimum absolute atomic E-state index is 0.301. The zero-order chi connectivity index (χ0) is 10.8. The molecule has 0 heterocycles. The molecule has 0 aromatic carbocycles. The van der Waals surface area contributed by atoms with Gasteiger partial charge in [-0.1, -0.05) is 43.6 Å². The largest absolute Gasteiger partial charge is 0.370 e. The summed E-state index contributed by atoms with van der Waals surface area (Å²) in [5, 5.41) is 0. The van der Waals surface area contributed by atoms with Crippen LogP contribution < -0.4 is 0 Å². The summed E-state index contributed by atoms with van der Waals surface area (Å²) in [4.78, 5) is 0. The standard InChI is InChI=1S/C13H24O/c1-5-8-10-13(9-6-2)14-11-12(4)7-3/h6-7,9,13H,5,8,10-11H2,1-4H3/b9-6+,12-7+. The molecule has 0 rings (SSSR count). The van der Waals surface area contributed by atoms with Crippen LogP contribution in [-0.2, 0) is 4.74 Å². The van der Waals surface area contributed by atoms with Crippen molar-refractivity contribution in [2.45, 2.75) is 53.1 Å². The molecule has 0 fully saturated rings. The lowest BCUT2D eigenvalue weighted by Crippen LogP contribution is -2.11. The molecule has 1 heteroatoms. The van der Waals surface area contributed by atoms with E-state index in [1.807, 2.05) is 6.92 Å². The van der Waals surface area contributed by atoms with E-state index in [-0.39, 0.29) is 0 Å². The van der Waals surface area contributed by atoms with Gasteiger partial charge in [0.05, 0.1) is 12.7 Å². The maximum absolute atomic E-state index is 5.78. The van der Waals surface area contributed by atoms with Crippen molar-refractivity contribution >= 4 is 0 Å². The number of ether oxygens (including phenoxy) is 1. The van der Waals surface area contributed by atoms with Crippen LogP contribution in [0, 0.1) is 0 Å². The number of hydrogen-bond donors (Lipinski definition) is 0. The normalized spacial score (nSPS) is 15.0. The zero-order valence-electron chi connectivity index (χ0n) is 10.0. The summed E-state index contributed by atoms with van der Waals surface area (Å²) in [6.07, 6.45) is 10.2. The monoisotopic (exact) mass is 196 g/mol. The van der Waals surface area contributed by atoms with E-state index in [0.717, 1.165) is 13.0 Å². The predicted octanol–water partition coefficient (Wildman–Crippen LogP) is 4.10. The average Bonchev–Trinajstić information content (AvgIpc) is 2.21. The summed E-state index contributed by atoms with van der Waals surface area (Å²) in [7, 11) is 0. The molecule has 0 spiro atoms. The molecule has 0 radical (unpaired) electrons. The first-order chi connectivity index (χ1) is 6.74. The van der Waals surface area contributed by atoms with Gasteiger partial charge in [0, 0.05) is 0 Å². The Morgan fingerprint density at radius 2 is 2.07 bits per heavy atom. The first-order valence-electron chi connectivity index (χ1n) is 5.60. The second kappa shape index (κ2) is 9.01. The smallest absolute Gasteiger partial charge is 0.0760 e. The molecule has 0 N–H and O–H groups in total. The Morgan fingerprint density at radius 3 is 2.57 bits per heavy atom. The molecule has 0 aromatic rings. The maximum Gasteiger partial charge on any atom is 0.0760 e. The van der Waals surface area contributed by atoms with E-state index in [0.29, 0.717) is 6.10 Å². The van der Waals surface area contributed by atoms with Gasteiger partial charge >= 0.3 is 0 Å². The van der Waals surface area contributed by atoms with Gasteiger partial charge in [-0.25, -0.2) is 0 Å². The van der Waals surface area contributed by atoms with Crippen LogP contribution in [0.2, 0.25) is 0 Å². The summed E-state index contributed by atoms with van der Waals surface area (Å²) in [5.41, 5.74) is 1.30. The molecule has 1 atom stereocenters. The van der Waals surface area contributed by atoms with Crippen LogP contribution in [0.25, 0.3) is 0 Å². The van der Waals surface area contributed by atoms with Crippen LogP contribution in [0.4, 0.5) is 0 Å². The fourth-order valence-corrected chi connectivity index (χ4v) is 1.18. The van der Waals surface area contributed by atoms with E-state index >= 15 is 0 Å².